The van der Waals surface area contributed by atoms with Crippen molar-refractivity contribution in [3.8, 4) is 0 Å². The fourth-order valence-electron chi connectivity index (χ4n) is 3.02. The van der Waals surface area contributed by atoms with Crippen molar-refractivity contribution in [2.45, 2.75) is 45.1 Å². The van der Waals surface area contributed by atoms with Gasteiger partial charge in [-0.2, -0.15) is 0 Å². The van der Waals surface area contributed by atoms with Gasteiger partial charge in [0.15, 0.2) is 0 Å². The SMILES string of the molecule is CCCCCN1CCCNC(C)(c2ccccc2)C1. The Morgan fingerprint density at radius 3 is 2.74 bits per heavy atom. The Labute approximate surface area is 118 Å². The summed E-state index contributed by atoms with van der Waals surface area (Å²) in [4.78, 5) is 2.64. The van der Waals surface area contributed by atoms with E-state index in [2.05, 4.69) is 54.4 Å². The van der Waals surface area contributed by atoms with Gasteiger partial charge >= 0.3 is 0 Å². The maximum atomic E-state index is 3.75. The molecule has 1 fully saturated rings. The molecule has 1 aliphatic rings. The van der Waals surface area contributed by atoms with Gasteiger partial charge in [-0.05, 0) is 45.0 Å². The quantitative estimate of drug-likeness (QED) is 0.816. The molecule has 106 valence electrons. The van der Waals surface area contributed by atoms with E-state index in [1.165, 1.54) is 44.3 Å². The highest BCUT2D eigenvalue weighted by Gasteiger charge is 2.30. The number of hydrogen-bond acceptors (Lipinski definition) is 2. The lowest BCUT2D eigenvalue weighted by Gasteiger charge is -2.34. The highest BCUT2D eigenvalue weighted by molar-refractivity contribution is 5.24. The summed E-state index contributed by atoms with van der Waals surface area (Å²) in [5.74, 6) is 0. The Morgan fingerprint density at radius 1 is 1.21 bits per heavy atom. The van der Waals surface area contributed by atoms with Crippen molar-refractivity contribution in [2.75, 3.05) is 26.2 Å². The summed E-state index contributed by atoms with van der Waals surface area (Å²) in [6.45, 7) is 9.35. The summed E-state index contributed by atoms with van der Waals surface area (Å²) in [6.07, 6.45) is 5.25. The van der Waals surface area contributed by atoms with Crippen molar-refractivity contribution in [3.05, 3.63) is 35.9 Å². The molecule has 2 heteroatoms. The summed E-state index contributed by atoms with van der Waals surface area (Å²) < 4.78 is 0. The third kappa shape index (κ3) is 4.05. The second-order valence-electron chi connectivity index (χ2n) is 5.96. The van der Waals surface area contributed by atoms with Crippen LogP contribution in [0.3, 0.4) is 0 Å². The molecule has 19 heavy (non-hydrogen) atoms. The molecule has 1 N–H and O–H groups in total. The molecular weight excluding hydrogens is 232 g/mol. The van der Waals surface area contributed by atoms with Gasteiger partial charge in [0.2, 0.25) is 0 Å². The van der Waals surface area contributed by atoms with Crippen molar-refractivity contribution in [1.29, 1.82) is 0 Å². The summed E-state index contributed by atoms with van der Waals surface area (Å²) >= 11 is 0. The molecule has 0 aromatic heterocycles. The largest absolute Gasteiger partial charge is 0.307 e. The minimum Gasteiger partial charge on any atom is -0.307 e. The van der Waals surface area contributed by atoms with Gasteiger partial charge in [0.05, 0.1) is 5.54 Å². The van der Waals surface area contributed by atoms with Crippen LogP contribution < -0.4 is 5.32 Å². The topological polar surface area (TPSA) is 15.3 Å². The van der Waals surface area contributed by atoms with Crippen LogP contribution >= 0.6 is 0 Å². The van der Waals surface area contributed by atoms with Crippen LogP contribution in [-0.4, -0.2) is 31.1 Å². The first kappa shape index (κ1) is 14.5. The number of rotatable bonds is 5. The second-order valence-corrected chi connectivity index (χ2v) is 5.96. The Bertz CT molecular complexity index is 363. The Morgan fingerprint density at radius 2 is 2.00 bits per heavy atom. The van der Waals surface area contributed by atoms with Crippen molar-refractivity contribution in [2.24, 2.45) is 0 Å². The molecule has 0 radical (unpaired) electrons. The molecule has 0 aliphatic carbocycles. The molecule has 1 heterocycles. The van der Waals surface area contributed by atoms with E-state index in [4.69, 9.17) is 0 Å². The summed E-state index contributed by atoms with van der Waals surface area (Å²) in [7, 11) is 0. The number of hydrogen-bond donors (Lipinski definition) is 1. The summed E-state index contributed by atoms with van der Waals surface area (Å²) in [6, 6.07) is 10.9. The van der Waals surface area contributed by atoms with Crippen LogP contribution in [-0.2, 0) is 5.54 Å². The molecule has 0 amide bonds. The van der Waals surface area contributed by atoms with Crippen molar-refractivity contribution < 1.29 is 0 Å². The molecule has 1 aliphatic heterocycles. The molecular formula is C17H28N2. The van der Waals surface area contributed by atoms with E-state index in [1.807, 2.05) is 0 Å². The Balaban J connectivity index is 2.03. The van der Waals surface area contributed by atoms with Gasteiger partial charge in [-0.25, -0.2) is 0 Å². The van der Waals surface area contributed by atoms with E-state index in [0.717, 1.165) is 13.1 Å². The van der Waals surface area contributed by atoms with Crippen molar-refractivity contribution in [3.63, 3.8) is 0 Å². The lowest BCUT2D eigenvalue weighted by atomic mass is 9.91. The summed E-state index contributed by atoms with van der Waals surface area (Å²) in [5.41, 5.74) is 1.52. The molecule has 1 saturated heterocycles. The Kier molecular flexibility index (Phi) is 5.41. The average molecular weight is 260 g/mol. The van der Waals surface area contributed by atoms with Gasteiger partial charge in [-0.15, -0.1) is 0 Å². The molecule has 0 saturated carbocycles. The molecule has 0 bridgehead atoms. The fraction of sp³-hybridized carbons (Fsp3) is 0.647. The molecule has 0 spiro atoms. The third-order valence-electron chi connectivity index (χ3n) is 4.19. The van der Waals surface area contributed by atoms with E-state index in [-0.39, 0.29) is 5.54 Å². The normalized spacial score (nSPS) is 25.2. The van der Waals surface area contributed by atoms with Crippen LogP contribution in [0.5, 0.6) is 0 Å². The van der Waals surface area contributed by atoms with E-state index < -0.39 is 0 Å². The molecule has 1 aromatic rings. The minimum atomic E-state index is 0.101. The first-order chi connectivity index (χ1) is 9.24. The van der Waals surface area contributed by atoms with Crippen LogP contribution in [0.4, 0.5) is 0 Å². The lowest BCUT2D eigenvalue weighted by Crippen LogP contribution is -2.46. The van der Waals surface area contributed by atoms with Crippen LogP contribution in [0.2, 0.25) is 0 Å². The van der Waals surface area contributed by atoms with Crippen LogP contribution in [0.1, 0.15) is 45.1 Å². The number of unbranched alkanes of at least 4 members (excludes halogenated alkanes) is 2. The van der Waals surface area contributed by atoms with Crippen LogP contribution in [0, 0.1) is 0 Å². The molecule has 1 atom stereocenters. The van der Waals surface area contributed by atoms with Crippen LogP contribution in [0.15, 0.2) is 30.3 Å². The van der Waals surface area contributed by atoms with E-state index >= 15 is 0 Å². The minimum absolute atomic E-state index is 0.101. The first-order valence-corrected chi connectivity index (χ1v) is 7.77. The lowest BCUT2D eigenvalue weighted by molar-refractivity contribution is 0.217. The monoisotopic (exact) mass is 260 g/mol. The van der Waals surface area contributed by atoms with E-state index in [9.17, 15) is 0 Å². The standard InChI is InChI=1S/C17H28N2/c1-3-4-8-13-19-14-9-12-18-17(2,15-19)16-10-6-5-7-11-16/h5-7,10-11,18H,3-4,8-9,12-15H2,1-2H3. The van der Waals surface area contributed by atoms with E-state index in [1.54, 1.807) is 0 Å². The first-order valence-electron chi connectivity index (χ1n) is 7.77. The highest BCUT2D eigenvalue weighted by Crippen LogP contribution is 2.24. The van der Waals surface area contributed by atoms with Gasteiger partial charge < -0.3 is 10.2 Å². The number of nitrogens with zero attached hydrogens (tertiary/aromatic N) is 1. The third-order valence-corrected chi connectivity index (χ3v) is 4.19. The van der Waals surface area contributed by atoms with Crippen LogP contribution in [0.25, 0.3) is 0 Å². The zero-order chi connectivity index (χ0) is 13.6. The van der Waals surface area contributed by atoms with Crippen molar-refractivity contribution in [1.82, 2.24) is 10.2 Å². The number of benzene rings is 1. The Hall–Kier alpha value is -0.860. The fourth-order valence-corrected chi connectivity index (χ4v) is 3.02. The van der Waals surface area contributed by atoms with Gasteiger partial charge in [0.1, 0.15) is 0 Å². The van der Waals surface area contributed by atoms with Gasteiger partial charge in [0.25, 0.3) is 0 Å². The second kappa shape index (κ2) is 7.06. The predicted octanol–water partition coefficient (Wildman–Crippen LogP) is 3.39. The zero-order valence-electron chi connectivity index (χ0n) is 12.5. The maximum absolute atomic E-state index is 3.75. The molecule has 2 nitrogen and oxygen atoms in total. The predicted molar refractivity (Wildman–Crippen MR) is 82.4 cm³/mol. The summed E-state index contributed by atoms with van der Waals surface area (Å²) in [5, 5.41) is 3.75. The average Bonchev–Trinajstić information content (AvgIpc) is 2.63. The number of nitrogens with one attached hydrogen (secondary N) is 1. The van der Waals surface area contributed by atoms with E-state index in [0.29, 0.717) is 0 Å². The smallest absolute Gasteiger partial charge is 0.0534 e. The zero-order valence-corrected chi connectivity index (χ0v) is 12.5. The molecule has 2 rings (SSSR count). The highest BCUT2D eigenvalue weighted by atomic mass is 15.2. The van der Waals surface area contributed by atoms with Crippen molar-refractivity contribution >= 4 is 0 Å². The molecule has 1 unspecified atom stereocenters. The van der Waals surface area contributed by atoms with Gasteiger partial charge in [-0.3, -0.25) is 0 Å². The molecule has 1 aromatic carbocycles. The van der Waals surface area contributed by atoms with Gasteiger partial charge in [0, 0.05) is 6.54 Å². The maximum Gasteiger partial charge on any atom is 0.0534 e. The van der Waals surface area contributed by atoms with Gasteiger partial charge in [-0.1, -0.05) is 50.1 Å².